The predicted octanol–water partition coefficient (Wildman–Crippen LogP) is 0.471. The molecular formula is C10H10N6O4S. The number of sulfonamides is 1. The molecule has 110 valence electrons. The van der Waals surface area contributed by atoms with Gasteiger partial charge in [0.2, 0.25) is 0 Å². The van der Waals surface area contributed by atoms with Crippen LogP contribution in [0.5, 0.6) is 0 Å². The Labute approximate surface area is 119 Å². The van der Waals surface area contributed by atoms with E-state index in [1.54, 1.807) is 0 Å². The number of hydrogen-bond donors (Lipinski definition) is 3. The van der Waals surface area contributed by atoms with E-state index in [4.69, 9.17) is 5.84 Å². The van der Waals surface area contributed by atoms with Gasteiger partial charge < -0.3 is 5.43 Å². The Hall–Kier alpha value is -2.79. The quantitative estimate of drug-likeness (QED) is 0.409. The molecule has 0 atom stereocenters. The summed E-state index contributed by atoms with van der Waals surface area (Å²) in [5.74, 6) is 5.10. The van der Waals surface area contributed by atoms with E-state index in [0.717, 1.165) is 12.1 Å². The van der Waals surface area contributed by atoms with Gasteiger partial charge in [0.15, 0.2) is 10.7 Å². The summed E-state index contributed by atoms with van der Waals surface area (Å²) in [5.41, 5.74) is 1.81. The summed E-state index contributed by atoms with van der Waals surface area (Å²) < 4.78 is 26.5. The maximum absolute atomic E-state index is 12.2. The van der Waals surface area contributed by atoms with Crippen molar-refractivity contribution in [1.29, 1.82) is 0 Å². The highest BCUT2D eigenvalue weighted by atomic mass is 32.2. The van der Waals surface area contributed by atoms with Crippen molar-refractivity contribution in [2.45, 2.75) is 4.90 Å². The molecule has 2 rings (SSSR count). The molecule has 21 heavy (non-hydrogen) atoms. The number of hydrazine groups is 1. The molecule has 2 aromatic rings. The van der Waals surface area contributed by atoms with Crippen LogP contribution in [0.25, 0.3) is 0 Å². The van der Waals surface area contributed by atoms with Crippen LogP contribution < -0.4 is 16.0 Å². The normalized spacial score (nSPS) is 10.9. The van der Waals surface area contributed by atoms with Gasteiger partial charge in [-0.2, -0.15) is 5.10 Å². The maximum Gasteiger partial charge on any atom is 0.291 e. The lowest BCUT2D eigenvalue weighted by molar-refractivity contribution is -0.387. The number of hydrogen-bond acceptors (Lipinski definition) is 8. The minimum atomic E-state index is -4.18. The van der Waals surface area contributed by atoms with Crippen molar-refractivity contribution < 1.29 is 13.3 Å². The summed E-state index contributed by atoms with van der Waals surface area (Å²) >= 11 is 0. The molecule has 0 saturated carbocycles. The SMILES string of the molecule is NNc1ccc(S(=O)(=O)Nc2cccnn2)c([N+](=O)[O-])c1. The molecule has 0 saturated heterocycles. The Morgan fingerprint density at radius 1 is 1.29 bits per heavy atom. The molecule has 0 radical (unpaired) electrons. The van der Waals surface area contributed by atoms with E-state index in [1.807, 2.05) is 0 Å². The molecule has 0 unspecified atom stereocenters. The standard InChI is InChI=1S/C10H10N6O4S/c11-13-7-3-4-9(8(6-7)16(17)18)21(19,20)15-10-2-1-5-12-14-10/h1-6,13H,11H2,(H,14,15). The fraction of sp³-hybridized carbons (Fsp3) is 0. The second kappa shape index (κ2) is 5.68. The number of anilines is 2. The zero-order valence-corrected chi connectivity index (χ0v) is 11.2. The lowest BCUT2D eigenvalue weighted by Gasteiger charge is -2.08. The highest BCUT2D eigenvalue weighted by molar-refractivity contribution is 7.92. The molecular weight excluding hydrogens is 300 g/mol. The van der Waals surface area contributed by atoms with E-state index in [-0.39, 0.29) is 11.5 Å². The van der Waals surface area contributed by atoms with Crippen molar-refractivity contribution in [3.05, 3.63) is 46.6 Å². The first kappa shape index (κ1) is 14.6. The van der Waals surface area contributed by atoms with Crippen LogP contribution in [0, 0.1) is 10.1 Å². The highest BCUT2D eigenvalue weighted by Crippen LogP contribution is 2.28. The third-order valence-electron chi connectivity index (χ3n) is 2.42. The first-order chi connectivity index (χ1) is 9.94. The number of nitro benzene ring substituents is 1. The summed E-state index contributed by atoms with van der Waals surface area (Å²) in [6, 6.07) is 6.24. The Morgan fingerprint density at radius 2 is 2.05 bits per heavy atom. The number of nitrogens with two attached hydrogens (primary N) is 1. The number of nitrogens with one attached hydrogen (secondary N) is 2. The first-order valence-corrected chi connectivity index (χ1v) is 6.98. The zero-order chi connectivity index (χ0) is 15.5. The van der Waals surface area contributed by atoms with Crippen molar-refractivity contribution in [1.82, 2.24) is 10.2 Å². The van der Waals surface area contributed by atoms with E-state index in [9.17, 15) is 18.5 Å². The van der Waals surface area contributed by atoms with Crippen LogP contribution >= 0.6 is 0 Å². The molecule has 1 heterocycles. The fourth-order valence-electron chi connectivity index (χ4n) is 1.53. The van der Waals surface area contributed by atoms with Gasteiger partial charge >= 0.3 is 0 Å². The van der Waals surface area contributed by atoms with Gasteiger partial charge in [-0.05, 0) is 24.3 Å². The number of aromatic nitrogens is 2. The molecule has 0 aliphatic carbocycles. The third-order valence-corrected chi connectivity index (χ3v) is 3.83. The average molecular weight is 310 g/mol. The second-order valence-corrected chi connectivity index (χ2v) is 5.45. The minimum absolute atomic E-state index is 0.0483. The van der Waals surface area contributed by atoms with Crippen LogP contribution in [-0.2, 0) is 10.0 Å². The van der Waals surface area contributed by atoms with Gasteiger partial charge in [0.05, 0.1) is 10.6 Å². The van der Waals surface area contributed by atoms with Crippen LogP contribution in [0.4, 0.5) is 17.2 Å². The van der Waals surface area contributed by atoms with Crippen molar-refractivity contribution >= 4 is 27.2 Å². The Kier molecular flexibility index (Phi) is 3.95. The zero-order valence-electron chi connectivity index (χ0n) is 10.4. The molecule has 1 aromatic carbocycles. The summed E-state index contributed by atoms with van der Waals surface area (Å²) in [4.78, 5) is 9.69. The minimum Gasteiger partial charge on any atom is -0.324 e. The molecule has 0 bridgehead atoms. The van der Waals surface area contributed by atoms with E-state index >= 15 is 0 Å². The largest absolute Gasteiger partial charge is 0.324 e. The summed E-state index contributed by atoms with van der Waals surface area (Å²) in [6.45, 7) is 0. The summed E-state index contributed by atoms with van der Waals surface area (Å²) in [5, 5.41) is 18.1. The lowest BCUT2D eigenvalue weighted by atomic mass is 10.3. The molecule has 0 amide bonds. The fourth-order valence-corrected chi connectivity index (χ4v) is 2.68. The molecule has 1 aromatic heterocycles. The van der Waals surface area contributed by atoms with Crippen LogP contribution in [0.15, 0.2) is 41.4 Å². The molecule has 10 nitrogen and oxygen atoms in total. The van der Waals surface area contributed by atoms with Gasteiger partial charge in [0.25, 0.3) is 15.7 Å². The average Bonchev–Trinajstić information content (AvgIpc) is 2.47. The topological polar surface area (TPSA) is 153 Å². The summed E-state index contributed by atoms with van der Waals surface area (Å²) in [6.07, 6.45) is 1.36. The van der Waals surface area contributed by atoms with Crippen LogP contribution in [0.1, 0.15) is 0 Å². The predicted molar refractivity (Wildman–Crippen MR) is 73.7 cm³/mol. The molecule has 0 aliphatic heterocycles. The number of nitrogens with zero attached hydrogens (tertiary/aromatic N) is 3. The first-order valence-electron chi connectivity index (χ1n) is 5.49. The van der Waals surface area contributed by atoms with Gasteiger partial charge in [-0.15, -0.1) is 5.10 Å². The Morgan fingerprint density at radius 3 is 2.62 bits per heavy atom. The Balaban J connectivity index is 2.47. The van der Waals surface area contributed by atoms with Gasteiger partial charge in [0.1, 0.15) is 0 Å². The van der Waals surface area contributed by atoms with Crippen molar-refractivity contribution in [3.8, 4) is 0 Å². The van der Waals surface area contributed by atoms with E-state index < -0.39 is 25.5 Å². The van der Waals surface area contributed by atoms with E-state index in [1.165, 1.54) is 24.4 Å². The van der Waals surface area contributed by atoms with E-state index in [0.29, 0.717) is 0 Å². The van der Waals surface area contributed by atoms with Crippen molar-refractivity contribution in [2.24, 2.45) is 5.84 Å². The second-order valence-electron chi connectivity index (χ2n) is 3.80. The van der Waals surface area contributed by atoms with Crippen LogP contribution in [0.2, 0.25) is 0 Å². The van der Waals surface area contributed by atoms with Crippen molar-refractivity contribution in [3.63, 3.8) is 0 Å². The smallest absolute Gasteiger partial charge is 0.291 e. The van der Waals surface area contributed by atoms with Gasteiger partial charge in [0, 0.05) is 12.3 Å². The Bertz CT molecular complexity index is 764. The number of benzene rings is 1. The lowest BCUT2D eigenvalue weighted by Crippen LogP contribution is -2.16. The number of nitrogen functional groups attached to an aromatic ring is 1. The molecule has 4 N–H and O–H groups in total. The monoisotopic (exact) mass is 310 g/mol. The van der Waals surface area contributed by atoms with Crippen LogP contribution in [-0.4, -0.2) is 23.5 Å². The number of nitro groups is 1. The number of rotatable bonds is 5. The van der Waals surface area contributed by atoms with Gasteiger partial charge in [-0.25, -0.2) is 8.42 Å². The third kappa shape index (κ3) is 3.21. The summed E-state index contributed by atoms with van der Waals surface area (Å²) in [7, 11) is -4.18. The van der Waals surface area contributed by atoms with Crippen LogP contribution in [0.3, 0.4) is 0 Å². The maximum atomic E-state index is 12.2. The molecule has 0 aliphatic rings. The van der Waals surface area contributed by atoms with Gasteiger partial charge in [-0.1, -0.05) is 0 Å². The van der Waals surface area contributed by atoms with Crippen molar-refractivity contribution in [2.75, 3.05) is 10.1 Å². The molecule has 0 spiro atoms. The van der Waals surface area contributed by atoms with E-state index in [2.05, 4.69) is 20.3 Å². The molecule has 0 fully saturated rings. The van der Waals surface area contributed by atoms with Gasteiger partial charge in [-0.3, -0.25) is 20.7 Å². The highest BCUT2D eigenvalue weighted by Gasteiger charge is 2.26. The molecule has 11 heteroatoms.